The highest BCUT2D eigenvalue weighted by Gasteiger charge is 2.26. The van der Waals surface area contributed by atoms with Crippen LogP contribution in [0.15, 0.2) is 59.4 Å². The molecule has 144 valence electrons. The average Bonchev–Trinajstić information content (AvgIpc) is 2.73. The predicted octanol–water partition coefficient (Wildman–Crippen LogP) is 1.25. The second-order valence-electron chi connectivity index (χ2n) is 6.31. The van der Waals surface area contributed by atoms with Crippen LogP contribution in [0, 0.1) is 0 Å². The maximum atomic E-state index is 12.7. The molecule has 0 saturated carbocycles. The average molecular weight is 380 g/mol. The van der Waals surface area contributed by atoms with Crippen LogP contribution in [0.5, 0.6) is 0 Å². The Morgan fingerprint density at radius 1 is 1.11 bits per heavy atom. The summed E-state index contributed by atoms with van der Waals surface area (Å²) in [5.74, 6) is -1.10. The normalized spacial score (nSPS) is 12.9. The molecule has 0 fully saturated rings. The fraction of sp³-hybridized carbons (Fsp3) is 0.250. The van der Waals surface area contributed by atoms with E-state index < -0.39 is 29.5 Å². The third-order valence-electron chi connectivity index (χ3n) is 4.42. The number of benzene rings is 2. The van der Waals surface area contributed by atoms with Gasteiger partial charge in [-0.25, -0.2) is 4.79 Å². The van der Waals surface area contributed by atoms with Gasteiger partial charge in [0, 0.05) is 6.42 Å². The molecule has 0 aliphatic carbocycles. The fourth-order valence-corrected chi connectivity index (χ4v) is 2.84. The number of hydrogen-bond donors (Lipinski definition) is 1. The molecular weight excluding hydrogens is 360 g/mol. The van der Waals surface area contributed by atoms with Crippen LogP contribution in [0.3, 0.4) is 0 Å². The molecule has 2 atom stereocenters. The van der Waals surface area contributed by atoms with Crippen molar-refractivity contribution in [3.05, 3.63) is 70.5 Å². The molecule has 0 aliphatic rings. The lowest BCUT2D eigenvalue weighted by Crippen LogP contribution is -2.47. The maximum Gasteiger partial charge on any atom is 0.328 e. The number of hydrogen-bond acceptors (Lipinski definition) is 6. The summed E-state index contributed by atoms with van der Waals surface area (Å²) in [5.41, 5.74) is 0.896. The van der Waals surface area contributed by atoms with Gasteiger partial charge >= 0.3 is 5.97 Å². The lowest BCUT2D eigenvalue weighted by Gasteiger charge is -2.19. The van der Waals surface area contributed by atoms with Crippen LogP contribution in [0.25, 0.3) is 10.9 Å². The highest BCUT2D eigenvalue weighted by atomic mass is 16.5. The minimum Gasteiger partial charge on any atom is -0.467 e. The Morgan fingerprint density at radius 3 is 2.50 bits per heavy atom. The van der Waals surface area contributed by atoms with Gasteiger partial charge in [0.1, 0.15) is 17.6 Å². The molecule has 1 aromatic heterocycles. The quantitative estimate of drug-likeness (QED) is 0.646. The zero-order valence-electron chi connectivity index (χ0n) is 15.5. The summed E-state index contributed by atoms with van der Waals surface area (Å²) in [6.45, 7) is 1.52. The van der Waals surface area contributed by atoms with E-state index >= 15 is 0 Å². The Hall–Kier alpha value is -3.55. The van der Waals surface area contributed by atoms with Crippen LogP contribution in [0.2, 0.25) is 0 Å². The first-order chi connectivity index (χ1) is 13.5. The smallest absolute Gasteiger partial charge is 0.328 e. The van der Waals surface area contributed by atoms with Gasteiger partial charge in [-0.3, -0.25) is 9.59 Å². The standard InChI is InChI=1S/C20H20N4O4/c1-13(24-19(26)15-10-6-7-11-16(15)22-23-24)18(25)21-17(20(27)28-2)12-14-8-4-3-5-9-14/h3-11,13,17H,12H2,1-2H3,(H,21,25)/t13-,17+/m0/s1. The Labute approximate surface area is 161 Å². The molecule has 0 radical (unpaired) electrons. The monoisotopic (exact) mass is 380 g/mol. The van der Waals surface area contributed by atoms with Gasteiger partial charge in [-0.1, -0.05) is 47.7 Å². The van der Waals surface area contributed by atoms with Crippen molar-refractivity contribution in [2.45, 2.75) is 25.4 Å². The van der Waals surface area contributed by atoms with E-state index in [9.17, 15) is 14.4 Å². The number of aromatic nitrogens is 3. The Kier molecular flexibility index (Phi) is 5.78. The van der Waals surface area contributed by atoms with Crippen molar-refractivity contribution in [3.8, 4) is 0 Å². The van der Waals surface area contributed by atoms with Gasteiger partial charge in [0.25, 0.3) is 5.56 Å². The van der Waals surface area contributed by atoms with Gasteiger partial charge in [-0.2, -0.15) is 4.68 Å². The topological polar surface area (TPSA) is 103 Å². The predicted molar refractivity (Wildman–Crippen MR) is 103 cm³/mol. The van der Waals surface area contributed by atoms with E-state index in [1.54, 1.807) is 24.3 Å². The largest absolute Gasteiger partial charge is 0.467 e. The third-order valence-corrected chi connectivity index (χ3v) is 4.42. The molecule has 8 heteroatoms. The van der Waals surface area contributed by atoms with E-state index in [1.165, 1.54) is 14.0 Å². The van der Waals surface area contributed by atoms with E-state index in [0.29, 0.717) is 10.9 Å². The second kappa shape index (κ2) is 8.43. The molecule has 3 aromatic rings. The van der Waals surface area contributed by atoms with Crippen molar-refractivity contribution in [2.75, 3.05) is 7.11 Å². The van der Waals surface area contributed by atoms with Crippen molar-refractivity contribution < 1.29 is 14.3 Å². The second-order valence-corrected chi connectivity index (χ2v) is 6.31. The molecule has 1 amide bonds. The van der Waals surface area contributed by atoms with Crippen molar-refractivity contribution in [1.82, 2.24) is 20.3 Å². The van der Waals surface area contributed by atoms with Crippen LogP contribution in [0.1, 0.15) is 18.5 Å². The zero-order chi connectivity index (χ0) is 20.1. The minimum absolute atomic E-state index is 0.268. The summed E-state index contributed by atoms with van der Waals surface area (Å²) in [4.78, 5) is 37.5. The van der Waals surface area contributed by atoms with E-state index in [0.717, 1.165) is 10.2 Å². The van der Waals surface area contributed by atoms with Gasteiger partial charge in [0.05, 0.1) is 12.5 Å². The van der Waals surface area contributed by atoms with Crippen molar-refractivity contribution in [1.29, 1.82) is 0 Å². The molecule has 2 aromatic carbocycles. The first-order valence-electron chi connectivity index (χ1n) is 8.77. The lowest BCUT2D eigenvalue weighted by molar-refractivity contribution is -0.145. The van der Waals surface area contributed by atoms with Crippen LogP contribution in [-0.2, 0) is 20.7 Å². The van der Waals surface area contributed by atoms with E-state index in [2.05, 4.69) is 15.6 Å². The van der Waals surface area contributed by atoms with Gasteiger partial charge in [0.2, 0.25) is 5.91 Å². The summed E-state index contributed by atoms with van der Waals surface area (Å²) >= 11 is 0. The summed E-state index contributed by atoms with van der Waals surface area (Å²) in [7, 11) is 1.26. The number of ether oxygens (including phenoxy) is 1. The molecule has 8 nitrogen and oxygen atoms in total. The first-order valence-corrected chi connectivity index (χ1v) is 8.77. The molecule has 1 heterocycles. The molecule has 1 N–H and O–H groups in total. The molecule has 0 bridgehead atoms. The Morgan fingerprint density at radius 2 is 1.79 bits per heavy atom. The fourth-order valence-electron chi connectivity index (χ4n) is 2.84. The maximum absolute atomic E-state index is 12.7. The number of rotatable bonds is 6. The zero-order valence-corrected chi connectivity index (χ0v) is 15.5. The summed E-state index contributed by atoms with van der Waals surface area (Å²) in [6, 6.07) is 14.2. The van der Waals surface area contributed by atoms with Gasteiger partial charge in [-0.15, -0.1) is 5.10 Å². The SMILES string of the molecule is COC(=O)[C@@H](Cc1ccccc1)NC(=O)[C@H](C)n1nnc2ccccc2c1=O. The van der Waals surface area contributed by atoms with Gasteiger partial charge in [-0.05, 0) is 24.6 Å². The number of carbonyl (C=O) groups excluding carboxylic acids is 2. The number of nitrogens with zero attached hydrogens (tertiary/aromatic N) is 3. The Bertz CT molecular complexity index is 1050. The van der Waals surface area contributed by atoms with Gasteiger partial charge < -0.3 is 10.1 Å². The van der Waals surface area contributed by atoms with Crippen LogP contribution in [0.4, 0.5) is 0 Å². The van der Waals surface area contributed by atoms with Crippen molar-refractivity contribution >= 4 is 22.8 Å². The summed E-state index contributed by atoms with van der Waals surface area (Å²) < 4.78 is 5.81. The third kappa shape index (κ3) is 4.06. The van der Waals surface area contributed by atoms with Crippen LogP contribution < -0.4 is 10.9 Å². The van der Waals surface area contributed by atoms with Crippen molar-refractivity contribution in [2.24, 2.45) is 0 Å². The molecule has 3 rings (SSSR count). The van der Waals surface area contributed by atoms with Crippen LogP contribution in [-0.4, -0.2) is 40.0 Å². The number of amides is 1. The number of methoxy groups -OCH3 is 1. The Balaban J connectivity index is 1.82. The number of esters is 1. The lowest BCUT2D eigenvalue weighted by atomic mass is 10.1. The number of carbonyl (C=O) groups is 2. The number of nitrogens with one attached hydrogen (secondary N) is 1. The van der Waals surface area contributed by atoms with Gasteiger partial charge in [0.15, 0.2) is 0 Å². The molecule has 0 aliphatic heterocycles. The highest BCUT2D eigenvalue weighted by Crippen LogP contribution is 2.09. The van der Waals surface area contributed by atoms with E-state index in [-0.39, 0.29) is 6.42 Å². The van der Waals surface area contributed by atoms with Crippen molar-refractivity contribution in [3.63, 3.8) is 0 Å². The molecule has 0 unspecified atom stereocenters. The molecule has 28 heavy (non-hydrogen) atoms. The summed E-state index contributed by atoms with van der Waals surface area (Å²) in [6.07, 6.45) is 0.268. The first kappa shape index (κ1) is 19.2. The van der Waals surface area contributed by atoms with Crippen LogP contribution >= 0.6 is 0 Å². The van der Waals surface area contributed by atoms with E-state index in [1.807, 2.05) is 30.3 Å². The molecule has 0 saturated heterocycles. The van der Waals surface area contributed by atoms with E-state index in [4.69, 9.17) is 4.74 Å². The molecular formula is C20H20N4O4. The minimum atomic E-state index is -0.951. The molecule has 0 spiro atoms. The summed E-state index contributed by atoms with van der Waals surface area (Å²) in [5, 5.41) is 10.9. The number of fused-ring (bicyclic) bond motifs is 1. The highest BCUT2D eigenvalue weighted by molar-refractivity contribution is 5.86.